The van der Waals surface area contributed by atoms with Crippen LogP contribution in [0.2, 0.25) is 0 Å². The monoisotopic (exact) mass is 167 g/mol. The van der Waals surface area contributed by atoms with E-state index >= 15 is 0 Å². The van der Waals surface area contributed by atoms with Gasteiger partial charge < -0.3 is 10.6 Å². The second-order valence-electron chi connectivity index (χ2n) is 2.68. The minimum Gasteiger partial charge on any atom is -0.354 e. The smallest absolute Gasteiger partial charge is 0.222 e. The van der Waals surface area contributed by atoms with Crippen LogP contribution in [0.1, 0.15) is 6.42 Å². The Morgan fingerprint density at radius 3 is 3.17 bits per heavy atom. The molecule has 6 heteroatoms. The summed E-state index contributed by atoms with van der Waals surface area (Å²) in [4.78, 5) is 14.7. The third-order valence-electron chi connectivity index (χ3n) is 1.73. The Hall–Kier alpha value is -1.59. The number of hydrogen-bond acceptors (Lipinski definition) is 4. The summed E-state index contributed by atoms with van der Waals surface area (Å²) in [7, 11) is 0. The maximum atomic E-state index is 10.8. The molecule has 0 aliphatic carbocycles. The number of carbonyl (C=O) groups excluding carboxylic acids is 1. The first-order valence-electron chi connectivity index (χ1n) is 3.73. The number of nitrogens with zero attached hydrogens (tertiary/aromatic N) is 2. The molecule has 2 rings (SSSR count). The zero-order chi connectivity index (χ0) is 8.39. The van der Waals surface area contributed by atoms with Gasteiger partial charge in [0.15, 0.2) is 0 Å². The lowest BCUT2D eigenvalue weighted by molar-refractivity contribution is -0.119. The van der Waals surface area contributed by atoms with Gasteiger partial charge in [-0.3, -0.25) is 4.79 Å². The van der Waals surface area contributed by atoms with Crippen LogP contribution in [0.5, 0.6) is 0 Å². The largest absolute Gasteiger partial charge is 0.354 e. The number of aromatic nitrogens is 3. The van der Waals surface area contributed by atoms with Crippen LogP contribution in [0.3, 0.4) is 0 Å². The molecular formula is C6H9N5O. The molecule has 1 aliphatic rings. The first-order valence-corrected chi connectivity index (χ1v) is 3.73. The molecule has 1 aromatic heterocycles. The van der Waals surface area contributed by atoms with Crippen molar-refractivity contribution in [3.8, 4) is 0 Å². The molecule has 1 amide bonds. The van der Waals surface area contributed by atoms with Crippen LogP contribution in [0.15, 0.2) is 6.33 Å². The third-order valence-corrected chi connectivity index (χ3v) is 1.73. The summed E-state index contributed by atoms with van der Waals surface area (Å²) in [6, 6.07) is 0.130. The van der Waals surface area contributed by atoms with Gasteiger partial charge >= 0.3 is 0 Å². The van der Waals surface area contributed by atoms with E-state index in [0.29, 0.717) is 18.9 Å². The van der Waals surface area contributed by atoms with Crippen molar-refractivity contribution in [2.75, 3.05) is 11.9 Å². The highest BCUT2D eigenvalue weighted by atomic mass is 16.1. The van der Waals surface area contributed by atoms with E-state index in [1.165, 1.54) is 6.33 Å². The first-order chi connectivity index (χ1) is 5.84. The summed E-state index contributed by atoms with van der Waals surface area (Å²) in [5.41, 5.74) is 0. The van der Waals surface area contributed by atoms with Crippen molar-refractivity contribution < 1.29 is 4.79 Å². The van der Waals surface area contributed by atoms with E-state index in [9.17, 15) is 4.79 Å². The lowest BCUT2D eigenvalue weighted by atomic mass is 10.3. The highest BCUT2D eigenvalue weighted by Gasteiger charge is 2.21. The molecular weight excluding hydrogens is 158 g/mol. The molecule has 0 saturated carbocycles. The molecule has 1 atom stereocenters. The summed E-state index contributed by atoms with van der Waals surface area (Å²) < 4.78 is 0. The van der Waals surface area contributed by atoms with E-state index in [4.69, 9.17) is 0 Å². The van der Waals surface area contributed by atoms with Gasteiger partial charge in [0, 0.05) is 13.0 Å². The third kappa shape index (κ3) is 1.36. The molecule has 0 radical (unpaired) electrons. The van der Waals surface area contributed by atoms with E-state index in [-0.39, 0.29) is 11.9 Å². The normalized spacial score (nSPS) is 22.3. The lowest BCUT2D eigenvalue weighted by Crippen LogP contribution is -2.22. The standard InChI is InChI=1S/C6H9N5O/c12-5-1-4(2-7-5)10-6-8-3-9-11-6/h3-4H,1-2H2,(H,7,12)(H2,8,9,10,11). The number of nitrogens with one attached hydrogen (secondary N) is 3. The van der Waals surface area contributed by atoms with Gasteiger partial charge in [0.1, 0.15) is 6.33 Å². The molecule has 2 heterocycles. The molecule has 1 saturated heterocycles. The molecule has 1 aromatic rings. The van der Waals surface area contributed by atoms with Gasteiger partial charge in [-0.25, -0.2) is 10.1 Å². The molecule has 1 aliphatic heterocycles. The number of aromatic amines is 1. The van der Waals surface area contributed by atoms with E-state index in [0.717, 1.165) is 0 Å². The number of H-pyrrole nitrogens is 1. The molecule has 0 aromatic carbocycles. The minimum atomic E-state index is 0.0759. The Morgan fingerprint density at radius 2 is 2.58 bits per heavy atom. The number of rotatable bonds is 2. The van der Waals surface area contributed by atoms with Crippen molar-refractivity contribution in [1.29, 1.82) is 0 Å². The fourth-order valence-electron chi connectivity index (χ4n) is 1.18. The molecule has 64 valence electrons. The van der Waals surface area contributed by atoms with Crippen LogP contribution in [-0.2, 0) is 4.79 Å². The van der Waals surface area contributed by atoms with Gasteiger partial charge in [-0.2, -0.15) is 5.10 Å². The van der Waals surface area contributed by atoms with Crippen LogP contribution in [0.25, 0.3) is 0 Å². The van der Waals surface area contributed by atoms with Gasteiger partial charge in [0.05, 0.1) is 6.04 Å². The van der Waals surface area contributed by atoms with Crippen molar-refractivity contribution in [3.63, 3.8) is 0 Å². The maximum Gasteiger partial charge on any atom is 0.222 e. The molecule has 0 spiro atoms. The fourth-order valence-corrected chi connectivity index (χ4v) is 1.18. The van der Waals surface area contributed by atoms with Gasteiger partial charge in [-0.1, -0.05) is 0 Å². The van der Waals surface area contributed by atoms with Crippen LogP contribution in [-0.4, -0.2) is 33.7 Å². The SMILES string of the molecule is O=C1CC(Nc2ncn[nH]2)CN1. The Bertz CT molecular complexity index is 269. The van der Waals surface area contributed by atoms with E-state index in [2.05, 4.69) is 25.8 Å². The predicted octanol–water partition coefficient (Wildman–Crippen LogP) is -0.895. The fraction of sp³-hybridized carbons (Fsp3) is 0.500. The van der Waals surface area contributed by atoms with Crippen molar-refractivity contribution >= 4 is 11.9 Å². The molecule has 3 N–H and O–H groups in total. The lowest BCUT2D eigenvalue weighted by Gasteiger charge is -2.06. The topological polar surface area (TPSA) is 82.7 Å². The van der Waals surface area contributed by atoms with Crippen molar-refractivity contribution in [1.82, 2.24) is 20.5 Å². The number of carbonyl (C=O) groups is 1. The average molecular weight is 167 g/mol. The van der Waals surface area contributed by atoms with Gasteiger partial charge in [-0.15, -0.1) is 0 Å². The number of hydrogen-bond donors (Lipinski definition) is 3. The quantitative estimate of drug-likeness (QED) is 0.533. The summed E-state index contributed by atoms with van der Waals surface area (Å²) >= 11 is 0. The predicted molar refractivity (Wildman–Crippen MR) is 41.4 cm³/mol. The van der Waals surface area contributed by atoms with Gasteiger partial charge in [-0.05, 0) is 0 Å². The van der Waals surface area contributed by atoms with Crippen molar-refractivity contribution in [2.24, 2.45) is 0 Å². The summed E-state index contributed by atoms with van der Waals surface area (Å²) in [5.74, 6) is 0.684. The van der Waals surface area contributed by atoms with Gasteiger partial charge in [0.2, 0.25) is 11.9 Å². The van der Waals surface area contributed by atoms with Crippen LogP contribution >= 0.6 is 0 Å². The Balaban J connectivity index is 1.92. The van der Waals surface area contributed by atoms with E-state index in [1.807, 2.05) is 0 Å². The Kier molecular flexibility index (Phi) is 1.65. The maximum absolute atomic E-state index is 10.8. The van der Waals surface area contributed by atoms with Crippen LogP contribution in [0.4, 0.5) is 5.95 Å². The van der Waals surface area contributed by atoms with Crippen LogP contribution in [0, 0.1) is 0 Å². The van der Waals surface area contributed by atoms with Gasteiger partial charge in [0.25, 0.3) is 0 Å². The summed E-state index contributed by atoms with van der Waals surface area (Å²) in [6.45, 7) is 0.652. The second-order valence-corrected chi connectivity index (χ2v) is 2.68. The summed E-state index contributed by atoms with van der Waals surface area (Å²) in [6.07, 6.45) is 1.92. The van der Waals surface area contributed by atoms with Crippen molar-refractivity contribution in [3.05, 3.63) is 6.33 Å². The number of amides is 1. The van der Waals surface area contributed by atoms with Crippen LogP contribution < -0.4 is 10.6 Å². The zero-order valence-electron chi connectivity index (χ0n) is 6.37. The highest BCUT2D eigenvalue weighted by molar-refractivity contribution is 5.79. The Morgan fingerprint density at radius 1 is 1.67 bits per heavy atom. The van der Waals surface area contributed by atoms with E-state index < -0.39 is 0 Å². The molecule has 0 bridgehead atoms. The highest BCUT2D eigenvalue weighted by Crippen LogP contribution is 2.05. The second kappa shape index (κ2) is 2.80. The molecule has 12 heavy (non-hydrogen) atoms. The zero-order valence-corrected chi connectivity index (χ0v) is 6.37. The molecule has 1 fully saturated rings. The molecule has 6 nitrogen and oxygen atoms in total. The first kappa shape index (κ1) is 7.08. The Labute approximate surface area is 68.8 Å². The van der Waals surface area contributed by atoms with Crippen molar-refractivity contribution in [2.45, 2.75) is 12.5 Å². The molecule has 1 unspecified atom stereocenters. The number of anilines is 1. The minimum absolute atomic E-state index is 0.0759. The van der Waals surface area contributed by atoms with E-state index in [1.54, 1.807) is 0 Å². The summed E-state index contributed by atoms with van der Waals surface area (Å²) in [5, 5.41) is 12.1. The average Bonchev–Trinajstić information content (AvgIpc) is 2.63.